The van der Waals surface area contributed by atoms with Crippen molar-refractivity contribution in [3.8, 4) is 5.75 Å². The van der Waals surface area contributed by atoms with E-state index in [4.69, 9.17) is 14.2 Å². The Morgan fingerprint density at radius 2 is 2.00 bits per heavy atom. The van der Waals surface area contributed by atoms with Gasteiger partial charge in [-0.3, -0.25) is 9.59 Å². The topological polar surface area (TPSA) is 68.3 Å². The van der Waals surface area contributed by atoms with E-state index in [2.05, 4.69) is 0 Å². The number of benzene rings is 1. The number of anilines is 1. The van der Waals surface area contributed by atoms with Crippen molar-refractivity contribution in [2.75, 3.05) is 51.5 Å². The fraction of sp³-hybridized carbons (Fsp3) is 0.579. The quantitative estimate of drug-likeness (QED) is 0.806. The molecular formula is C19H24N2O5. The van der Waals surface area contributed by atoms with Crippen LogP contribution in [0.1, 0.15) is 12.8 Å². The molecule has 1 atom stereocenters. The fourth-order valence-electron chi connectivity index (χ4n) is 3.58. The van der Waals surface area contributed by atoms with E-state index in [9.17, 15) is 9.59 Å². The Morgan fingerprint density at radius 3 is 2.69 bits per heavy atom. The van der Waals surface area contributed by atoms with Crippen LogP contribution in [0.5, 0.6) is 5.75 Å². The van der Waals surface area contributed by atoms with Crippen molar-refractivity contribution in [1.82, 2.24) is 4.90 Å². The van der Waals surface area contributed by atoms with Gasteiger partial charge in [-0.05, 0) is 37.1 Å². The van der Waals surface area contributed by atoms with Crippen molar-refractivity contribution in [2.24, 2.45) is 5.92 Å². The normalized spacial score (nSPS) is 26.7. The first kappa shape index (κ1) is 17.3. The van der Waals surface area contributed by atoms with Crippen LogP contribution < -0.4 is 9.64 Å². The molecule has 1 aromatic rings. The van der Waals surface area contributed by atoms with Crippen LogP contribution in [0.4, 0.5) is 5.69 Å². The Hall–Kier alpha value is -2.12. The average molecular weight is 360 g/mol. The Balaban J connectivity index is 1.54. The molecule has 0 bridgehead atoms. The number of rotatable bonds is 3. The molecule has 1 spiro atoms. The van der Waals surface area contributed by atoms with Gasteiger partial charge in [0.05, 0.1) is 33.4 Å². The monoisotopic (exact) mass is 360 g/mol. The summed E-state index contributed by atoms with van der Waals surface area (Å²) >= 11 is 0. The van der Waals surface area contributed by atoms with Crippen LogP contribution in [0.3, 0.4) is 0 Å². The summed E-state index contributed by atoms with van der Waals surface area (Å²) in [5.74, 6) is 0.993. The molecule has 2 amide bonds. The minimum absolute atomic E-state index is 0.0130. The maximum Gasteiger partial charge on any atom is 0.253 e. The maximum absolute atomic E-state index is 12.5. The average Bonchev–Trinajstić information content (AvgIpc) is 3.51. The Morgan fingerprint density at radius 1 is 1.23 bits per heavy atom. The Bertz CT molecular complexity index is 688. The van der Waals surface area contributed by atoms with Crippen LogP contribution >= 0.6 is 0 Å². The highest BCUT2D eigenvalue weighted by Gasteiger charge is 2.45. The highest BCUT2D eigenvalue weighted by molar-refractivity contribution is 5.95. The highest BCUT2D eigenvalue weighted by Crippen LogP contribution is 2.33. The zero-order valence-electron chi connectivity index (χ0n) is 15.0. The van der Waals surface area contributed by atoms with Gasteiger partial charge in [0.2, 0.25) is 5.91 Å². The predicted molar refractivity (Wildman–Crippen MR) is 94.2 cm³/mol. The minimum atomic E-state index is -0.686. The molecule has 2 saturated heterocycles. The van der Waals surface area contributed by atoms with Gasteiger partial charge in [0.1, 0.15) is 18.0 Å². The van der Waals surface area contributed by atoms with Crippen molar-refractivity contribution in [3.05, 3.63) is 24.3 Å². The van der Waals surface area contributed by atoms with Gasteiger partial charge in [0.25, 0.3) is 5.91 Å². The first-order valence-electron chi connectivity index (χ1n) is 9.05. The van der Waals surface area contributed by atoms with Crippen molar-refractivity contribution >= 4 is 17.5 Å². The van der Waals surface area contributed by atoms with Gasteiger partial charge in [0.15, 0.2) is 0 Å². The third-order valence-corrected chi connectivity index (χ3v) is 5.22. The molecule has 0 aromatic heterocycles. The van der Waals surface area contributed by atoms with Crippen molar-refractivity contribution < 1.29 is 23.8 Å². The highest BCUT2D eigenvalue weighted by atomic mass is 16.6. The molecule has 3 fully saturated rings. The Labute approximate surface area is 152 Å². The van der Waals surface area contributed by atoms with E-state index in [1.807, 2.05) is 29.2 Å². The Kier molecular flexibility index (Phi) is 4.58. The van der Waals surface area contributed by atoms with E-state index in [0.717, 1.165) is 24.3 Å². The molecule has 2 heterocycles. The molecule has 26 heavy (non-hydrogen) atoms. The lowest BCUT2D eigenvalue weighted by atomic mass is 10.0. The summed E-state index contributed by atoms with van der Waals surface area (Å²) < 4.78 is 16.9. The second-order valence-electron chi connectivity index (χ2n) is 7.24. The summed E-state index contributed by atoms with van der Waals surface area (Å²) in [5.41, 5.74) is 0.109. The number of hydrogen-bond acceptors (Lipinski definition) is 5. The van der Waals surface area contributed by atoms with Gasteiger partial charge in [-0.2, -0.15) is 0 Å². The zero-order chi connectivity index (χ0) is 18.1. The summed E-state index contributed by atoms with van der Waals surface area (Å²) in [6.45, 7) is 2.27. The number of methoxy groups -OCH3 is 1. The molecule has 7 nitrogen and oxygen atoms in total. The number of nitrogens with zero attached hydrogens (tertiary/aromatic N) is 2. The molecule has 7 heteroatoms. The summed E-state index contributed by atoms with van der Waals surface area (Å²) in [6.07, 6.45) is 1.95. The van der Waals surface area contributed by atoms with Gasteiger partial charge in [-0.1, -0.05) is 0 Å². The van der Waals surface area contributed by atoms with E-state index in [1.54, 1.807) is 12.0 Å². The van der Waals surface area contributed by atoms with Crippen LogP contribution in [0.2, 0.25) is 0 Å². The van der Waals surface area contributed by atoms with Gasteiger partial charge >= 0.3 is 0 Å². The number of ether oxygens (including phenoxy) is 3. The standard InChI is InChI=1S/C19H24N2O5/c1-24-16-6-4-15(5-7-16)21-12-19(26-10-17(21)22)11-20(8-9-25-13-19)18(23)14-2-3-14/h4-7,14H,2-3,8-13H2,1H3. The molecule has 0 N–H and O–H groups in total. The second kappa shape index (κ2) is 6.89. The summed E-state index contributed by atoms with van der Waals surface area (Å²) in [7, 11) is 1.61. The van der Waals surface area contributed by atoms with E-state index in [1.165, 1.54) is 0 Å². The van der Waals surface area contributed by atoms with Crippen LogP contribution in [-0.4, -0.2) is 68.9 Å². The first-order chi connectivity index (χ1) is 12.6. The molecule has 3 aliphatic rings. The SMILES string of the molecule is COc1ccc(N2CC3(COCCN(C(=O)C4CC4)C3)OCC2=O)cc1. The van der Waals surface area contributed by atoms with Gasteiger partial charge < -0.3 is 24.0 Å². The number of amides is 2. The third kappa shape index (κ3) is 3.41. The number of hydrogen-bond donors (Lipinski definition) is 0. The van der Waals surface area contributed by atoms with E-state index in [0.29, 0.717) is 32.8 Å². The van der Waals surface area contributed by atoms with E-state index >= 15 is 0 Å². The first-order valence-corrected chi connectivity index (χ1v) is 9.05. The molecule has 1 saturated carbocycles. The summed E-state index contributed by atoms with van der Waals surface area (Å²) in [5, 5.41) is 0. The number of carbonyl (C=O) groups excluding carboxylic acids is 2. The largest absolute Gasteiger partial charge is 0.497 e. The molecule has 1 aromatic carbocycles. The predicted octanol–water partition coefficient (Wildman–Crippen LogP) is 1.07. The summed E-state index contributed by atoms with van der Waals surface area (Å²) in [6, 6.07) is 7.38. The molecule has 1 aliphatic carbocycles. The molecular weight excluding hydrogens is 336 g/mol. The lowest BCUT2D eigenvalue weighted by molar-refractivity contribution is -0.150. The maximum atomic E-state index is 12.5. The van der Waals surface area contributed by atoms with Crippen LogP contribution in [0, 0.1) is 5.92 Å². The molecule has 4 rings (SSSR count). The minimum Gasteiger partial charge on any atom is -0.497 e. The van der Waals surface area contributed by atoms with Crippen LogP contribution in [-0.2, 0) is 19.1 Å². The molecule has 1 unspecified atom stereocenters. The lowest BCUT2D eigenvalue weighted by Gasteiger charge is -2.43. The number of carbonyl (C=O) groups is 2. The van der Waals surface area contributed by atoms with Crippen molar-refractivity contribution in [3.63, 3.8) is 0 Å². The van der Waals surface area contributed by atoms with Gasteiger partial charge in [0, 0.05) is 18.2 Å². The van der Waals surface area contributed by atoms with Gasteiger partial charge in [-0.15, -0.1) is 0 Å². The van der Waals surface area contributed by atoms with E-state index in [-0.39, 0.29) is 24.3 Å². The van der Waals surface area contributed by atoms with Gasteiger partial charge in [-0.25, -0.2) is 0 Å². The lowest BCUT2D eigenvalue weighted by Crippen LogP contribution is -2.61. The summed E-state index contributed by atoms with van der Waals surface area (Å²) in [4.78, 5) is 28.6. The van der Waals surface area contributed by atoms with Crippen molar-refractivity contribution in [2.45, 2.75) is 18.4 Å². The van der Waals surface area contributed by atoms with Crippen LogP contribution in [0.25, 0.3) is 0 Å². The van der Waals surface area contributed by atoms with Crippen molar-refractivity contribution in [1.29, 1.82) is 0 Å². The second-order valence-corrected chi connectivity index (χ2v) is 7.24. The molecule has 2 aliphatic heterocycles. The van der Waals surface area contributed by atoms with Crippen LogP contribution in [0.15, 0.2) is 24.3 Å². The smallest absolute Gasteiger partial charge is 0.253 e. The zero-order valence-corrected chi connectivity index (χ0v) is 15.0. The molecule has 140 valence electrons. The molecule has 0 radical (unpaired) electrons. The number of morpholine rings is 1. The fourth-order valence-corrected chi connectivity index (χ4v) is 3.58. The third-order valence-electron chi connectivity index (χ3n) is 5.22. The van der Waals surface area contributed by atoms with E-state index < -0.39 is 5.60 Å².